The average Bonchev–Trinajstić information content (AvgIpc) is 3.14. The highest BCUT2D eigenvalue weighted by atomic mass is 35.5. The second-order valence-corrected chi connectivity index (χ2v) is 6.93. The molecule has 0 fully saturated rings. The van der Waals surface area contributed by atoms with Crippen molar-refractivity contribution in [3.8, 4) is 11.5 Å². The molecule has 0 radical (unpaired) electrons. The van der Waals surface area contributed by atoms with Gasteiger partial charge in [0.1, 0.15) is 0 Å². The molecule has 0 aliphatic rings. The SMILES string of the molecule is CCN(Cc1ccccc1)C(=O)CSc1nnc(-c2cccc(Cl)c2)o1. The molecule has 0 aliphatic heterocycles. The minimum absolute atomic E-state index is 0.0314. The smallest absolute Gasteiger partial charge is 0.277 e. The third-order valence-corrected chi connectivity index (χ3v) is 4.79. The maximum Gasteiger partial charge on any atom is 0.277 e. The highest BCUT2D eigenvalue weighted by molar-refractivity contribution is 7.99. The van der Waals surface area contributed by atoms with Gasteiger partial charge >= 0.3 is 0 Å². The van der Waals surface area contributed by atoms with E-state index in [0.29, 0.717) is 29.2 Å². The summed E-state index contributed by atoms with van der Waals surface area (Å²) in [4.78, 5) is 14.3. The molecule has 5 nitrogen and oxygen atoms in total. The fourth-order valence-corrected chi connectivity index (χ4v) is 3.26. The van der Waals surface area contributed by atoms with Crippen molar-refractivity contribution in [1.82, 2.24) is 15.1 Å². The molecule has 7 heteroatoms. The summed E-state index contributed by atoms with van der Waals surface area (Å²) in [6.45, 7) is 3.20. The number of hydrogen-bond acceptors (Lipinski definition) is 5. The monoisotopic (exact) mass is 387 g/mol. The second-order valence-electron chi connectivity index (χ2n) is 5.57. The molecule has 134 valence electrons. The van der Waals surface area contributed by atoms with Gasteiger partial charge < -0.3 is 9.32 Å². The van der Waals surface area contributed by atoms with Gasteiger partial charge in [-0.15, -0.1) is 10.2 Å². The van der Waals surface area contributed by atoms with Gasteiger partial charge in [0, 0.05) is 23.7 Å². The molecule has 0 aliphatic carbocycles. The van der Waals surface area contributed by atoms with E-state index < -0.39 is 0 Å². The summed E-state index contributed by atoms with van der Waals surface area (Å²) < 4.78 is 5.62. The van der Waals surface area contributed by atoms with Crippen LogP contribution < -0.4 is 0 Å². The van der Waals surface area contributed by atoms with Gasteiger partial charge in [0.25, 0.3) is 5.22 Å². The first-order chi connectivity index (χ1) is 12.7. The number of carbonyl (C=O) groups excluding carboxylic acids is 1. The number of rotatable bonds is 7. The van der Waals surface area contributed by atoms with Crippen molar-refractivity contribution in [2.24, 2.45) is 0 Å². The van der Waals surface area contributed by atoms with Crippen molar-refractivity contribution in [3.63, 3.8) is 0 Å². The van der Waals surface area contributed by atoms with Gasteiger partial charge in [-0.1, -0.05) is 59.8 Å². The molecule has 1 heterocycles. The Morgan fingerprint density at radius 1 is 1.15 bits per heavy atom. The average molecular weight is 388 g/mol. The summed E-state index contributed by atoms with van der Waals surface area (Å²) in [5.74, 6) is 0.667. The van der Waals surface area contributed by atoms with E-state index in [0.717, 1.165) is 11.1 Å². The quantitative estimate of drug-likeness (QED) is 0.557. The Bertz CT molecular complexity index is 870. The van der Waals surface area contributed by atoms with Gasteiger partial charge in [0.05, 0.1) is 5.75 Å². The molecular weight excluding hydrogens is 370 g/mol. The van der Waals surface area contributed by atoms with E-state index >= 15 is 0 Å². The van der Waals surface area contributed by atoms with Gasteiger partial charge in [-0.2, -0.15) is 0 Å². The zero-order chi connectivity index (χ0) is 18.4. The van der Waals surface area contributed by atoms with E-state index in [2.05, 4.69) is 10.2 Å². The molecule has 2 aromatic carbocycles. The fraction of sp³-hybridized carbons (Fsp3) is 0.211. The van der Waals surface area contributed by atoms with E-state index in [-0.39, 0.29) is 11.7 Å². The number of carbonyl (C=O) groups is 1. The standard InChI is InChI=1S/C19H18ClN3O2S/c1-2-23(12-14-7-4-3-5-8-14)17(24)13-26-19-22-21-18(25-19)15-9-6-10-16(20)11-15/h3-11H,2,12-13H2,1H3. The van der Waals surface area contributed by atoms with Crippen LogP contribution in [0.5, 0.6) is 0 Å². The maximum atomic E-state index is 12.5. The Balaban J connectivity index is 1.59. The van der Waals surface area contributed by atoms with Crippen LogP contribution in [-0.2, 0) is 11.3 Å². The van der Waals surface area contributed by atoms with Crippen LogP contribution in [0.1, 0.15) is 12.5 Å². The zero-order valence-corrected chi connectivity index (χ0v) is 15.8. The van der Waals surface area contributed by atoms with Gasteiger partial charge in [-0.25, -0.2) is 0 Å². The highest BCUT2D eigenvalue weighted by Crippen LogP contribution is 2.25. The molecule has 26 heavy (non-hydrogen) atoms. The van der Waals surface area contributed by atoms with Crippen LogP contribution in [0.2, 0.25) is 5.02 Å². The number of nitrogens with zero attached hydrogens (tertiary/aromatic N) is 3. The van der Waals surface area contributed by atoms with Gasteiger partial charge in [-0.3, -0.25) is 4.79 Å². The number of benzene rings is 2. The topological polar surface area (TPSA) is 59.2 Å². The first kappa shape index (κ1) is 18.5. The lowest BCUT2D eigenvalue weighted by molar-refractivity contribution is -0.128. The lowest BCUT2D eigenvalue weighted by atomic mass is 10.2. The fourth-order valence-electron chi connectivity index (χ4n) is 2.40. The molecule has 0 N–H and O–H groups in total. The van der Waals surface area contributed by atoms with Crippen LogP contribution in [0.3, 0.4) is 0 Å². The number of aromatic nitrogens is 2. The van der Waals surface area contributed by atoms with Crippen molar-refractivity contribution >= 4 is 29.3 Å². The Hall–Kier alpha value is -2.31. The largest absolute Gasteiger partial charge is 0.411 e. The normalized spacial score (nSPS) is 10.7. The molecule has 0 spiro atoms. The number of hydrogen-bond donors (Lipinski definition) is 0. The second kappa shape index (κ2) is 8.87. The van der Waals surface area contributed by atoms with Crippen LogP contribution in [0.4, 0.5) is 0 Å². The van der Waals surface area contributed by atoms with Crippen molar-refractivity contribution in [2.75, 3.05) is 12.3 Å². The lowest BCUT2D eigenvalue weighted by Gasteiger charge is -2.20. The van der Waals surface area contributed by atoms with E-state index in [1.807, 2.05) is 49.4 Å². The predicted octanol–water partition coefficient (Wildman–Crippen LogP) is 4.53. The third-order valence-electron chi connectivity index (χ3n) is 3.75. The number of thioether (sulfide) groups is 1. The minimum atomic E-state index is 0.0314. The Morgan fingerprint density at radius 3 is 2.69 bits per heavy atom. The Labute approximate surface area is 161 Å². The van der Waals surface area contributed by atoms with Crippen LogP contribution in [0, 0.1) is 0 Å². The Kier molecular flexibility index (Phi) is 6.30. The molecule has 3 rings (SSSR count). The molecule has 1 aromatic heterocycles. The summed E-state index contributed by atoms with van der Waals surface area (Å²) >= 11 is 7.21. The molecule has 0 unspecified atom stereocenters. The highest BCUT2D eigenvalue weighted by Gasteiger charge is 2.15. The molecule has 1 amide bonds. The first-order valence-corrected chi connectivity index (χ1v) is 9.56. The third kappa shape index (κ3) is 4.86. The van der Waals surface area contributed by atoms with Crippen LogP contribution in [0.25, 0.3) is 11.5 Å². The maximum absolute atomic E-state index is 12.5. The molecule has 0 saturated carbocycles. The van der Waals surface area contributed by atoms with E-state index in [1.165, 1.54) is 11.8 Å². The lowest BCUT2D eigenvalue weighted by Crippen LogP contribution is -2.31. The van der Waals surface area contributed by atoms with Crippen LogP contribution in [-0.4, -0.2) is 33.3 Å². The molecule has 3 aromatic rings. The van der Waals surface area contributed by atoms with Crippen LogP contribution >= 0.6 is 23.4 Å². The van der Waals surface area contributed by atoms with E-state index in [9.17, 15) is 4.79 Å². The molecule has 0 saturated heterocycles. The number of halogens is 1. The van der Waals surface area contributed by atoms with Crippen molar-refractivity contribution in [1.29, 1.82) is 0 Å². The van der Waals surface area contributed by atoms with E-state index in [1.54, 1.807) is 17.0 Å². The molecular formula is C19H18ClN3O2S. The van der Waals surface area contributed by atoms with Gasteiger partial charge in [0.2, 0.25) is 11.8 Å². The Morgan fingerprint density at radius 2 is 1.96 bits per heavy atom. The summed E-state index contributed by atoms with van der Waals surface area (Å²) in [5, 5.41) is 8.98. The first-order valence-electron chi connectivity index (χ1n) is 8.19. The van der Waals surface area contributed by atoms with Crippen molar-refractivity contribution in [3.05, 3.63) is 65.2 Å². The molecule has 0 atom stereocenters. The van der Waals surface area contributed by atoms with E-state index in [4.69, 9.17) is 16.0 Å². The van der Waals surface area contributed by atoms with Gasteiger partial charge in [-0.05, 0) is 30.7 Å². The number of amides is 1. The predicted molar refractivity (Wildman–Crippen MR) is 103 cm³/mol. The summed E-state index contributed by atoms with van der Waals surface area (Å²) in [7, 11) is 0. The summed E-state index contributed by atoms with van der Waals surface area (Å²) in [6.07, 6.45) is 0. The molecule has 0 bridgehead atoms. The summed E-state index contributed by atoms with van der Waals surface area (Å²) in [6, 6.07) is 17.1. The summed E-state index contributed by atoms with van der Waals surface area (Å²) in [5.41, 5.74) is 1.86. The van der Waals surface area contributed by atoms with Crippen molar-refractivity contribution < 1.29 is 9.21 Å². The zero-order valence-electron chi connectivity index (χ0n) is 14.3. The van der Waals surface area contributed by atoms with Gasteiger partial charge in [0.15, 0.2) is 0 Å². The van der Waals surface area contributed by atoms with Crippen molar-refractivity contribution in [2.45, 2.75) is 18.7 Å². The minimum Gasteiger partial charge on any atom is -0.411 e. The van der Waals surface area contributed by atoms with Crippen LogP contribution in [0.15, 0.2) is 64.2 Å².